The highest BCUT2D eigenvalue weighted by atomic mass is 16.5. The van der Waals surface area contributed by atoms with E-state index in [0.717, 1.165) is 12.8 Å². The fourth-order valence-corrected chi connectivity index (χ4v) is 3.38. The van der Waals surface area contributed by atoms with Crippen molar-refractivity contribution in [3.63, 3.8) is 0 Å². The van der Waals surface area contributed by atoms with Gasteiger partial charge in [0.1, 0.15) is 11.5 Å². The average molecular weight is 425 g/mol. The van der Waals surface area contributed by atoms with Crippen molar-refractivity contribution in [2.45, 2.75) is 12.8 Å². The lowest BCUT2D eigenvalue weighted by molar-refractivity contribution is -0.136. The van der Waals surface area contributed by atoms with Gasteiger partial charge >= 0.3 is 11.8 Å². The van der Waals surface area contributed by atoms with Crippen LogP contribution in [0.1, 0.15) is 12.8 Å². The van der Waals surface area contributed by atoms with E-state index in [9.17, 15) is 14.4 Å². The molecule has 0 unspecified atom stereocenters. The lowest BCUT2D eigenvalue weighted by Gasteiger charge is -2.32. The van der Waals surface area contributed by atoms with Gasteiger partial charge in [-0.1, -0.05) is 30.3 Å². The number of rotatable bonds is 7. The second-order valence-electron chi connectivity index (χ2n) is 7.29. The second kappa shape index (κ2) is 11.0. The maximum atomic E-state index is 12.3. The first-order valence-electron chi connectivity index (χ1n) is 10.2. The Morgan fingerprint density at radius 1 is 0.968 bits per heavy atom. The molecule has 31 heavy (non-hydrogen) atoms. The summed E-state index contributed by atoms with van der Waals surface area (Å²) in [6.45, 7) is 1.60. The molecule has 1 saturated heterocycles. The Balaban J connectivity index is 1.37. The highest BCUT2D eigenvalue weighted by Gasteiger charge is 2.24. The van der Waals surface area contributed by atoms with Gasteiger partial charge in [-0.2, -0.15) is 0 Å². The molecule has 1 fully saturated rings. The largest absolute Gasteiger partial charge is 0.495 e. The minimum atomic E-state index is -0.741. The Hall–Kier alpha value is -3.55. The molecule has 0 aromatic heterocycles. The number of likely N-dealkylation sites (tertiary alicyclic amines) is 1. The van der Waals surface area contributed by atoms with E-state index in [1.165, 1.54) is 7.11 Å². The van der Waals surface area contributed by atoms with Crippen molar-refractivity contribution in [1.29, 1.82) is 0 Å². The monoisotopic (exact) mass is 425 g/mol. The van der Waals surface area contributed by atoms with Gasteiger partial charge in [-0.3, -0.25) is 14.4 Å². The number of carbonyl (C=O) groups is 3. The summed E-state index contributed by atoms with van der Waals surface area (Å²) in [4.78, 5) is 38.4. The summed E-state index contributed by atoms with van der Waals surface area (Å²) < 4.78 is 10.7. The number of methoxy groups -OCH3 is 1. The Labute approximate surface area is 181 Å². The third-order valence-electron chi connectivity index (χ3n) is 5.19. The molecule has 2 aromatic rings. The summed E-state index contributed by atoms with van der Waals surface area (Å²) in [5.74, 6) is -0.128. The van der Waals surface area contributed by atoms with E-state index in [2.05, 4.69) is 10.6 Å². The molecule has 0 spiro atoms. The van der Waals surface area contributed by atoms with Crippen molar-refractivity contribution in [2.75, 3.05) is 38.7 Å². The molecule has 0 bridgehead atoms. The molecule has 3 rings (SSSR count). The van der Waals surface area contributed by atoms with Crippen LogP contribution in [0.3, 0.4) is 0 Å². The summed E-state index contributed by atoms with van der Waals surface area (Å²) >= 11 is 0. The van der Waals surface area contributed by atoms with Crippen LogP contribution in [0.25, 0.3) is 0 Å². The minimum absolute atomic E-state index is 0.00847. The normalized spacial score (nSPS) is 13.9. The number of carbonyl (C=O) groups excluding carboxylic acids is 3. The number of hydrogen-bond acceptors (Lipinski definition) is 5. The Bertz CT molecular complexity index is 895. The molecule has 164 valence electrons. The van der Waals surface area contributed by atoms with E-state index < -0.39 is 11.8 Å². The topological polar surface area (TPSA) is 97.0 Å². The van der Waals surface area contributed by atoms with Crippen molar-refractivity contribution >= 4 is 23.4 Å². The lowest BCUT2D eigenvalue weighted by Crippen LogP contribution is -2.44. The molecule has 8 nitrogen and oxygen atoms in total. The molecule has 0 saturated carbocycles. The van der Waals surface area contributed by atoms with Crippen LogP contribution in [0, 0.1) is 5.92 Å². The van der Waals surface area contributed by atoms with Crippen LogP contribution in [0.2, 0.25) is 0 Å². The van der Waals surface area contributed by atoms with Crippen molar-refractivity contribution in [2.24, 2.45) is 5.92 Å². The zero-order valence-corrected chi connectivity index (χ0v) is 17.5. The van der Waals surface area contributed by atoms with Crippen LogP contribution in [0.15, 0.2) is 54.6 Å². The van der Waals surface area contributed by atoms with Gasteiger partial charge in [0.05, 0.1) is 12.8 Å². The number of para-hydroxylation sites is 3. The summed E-state index contributed by atoms with van der Waals surface area (Å²) in [7, 11) is 1.50. The van der Waals surface area contributed by atoms with Gasteiger partial charge in [0.25, 0.3) is 5.91 Å². The van der Waals surface area contributed by atoms with Crippen molar-refractivity contribution in [3.05, 3.63) is 54.6 Å². The van der Waals surface area contributed by atoms with Gasteiger partial charge in [-0.05, 0) is 43.0 Å². The average Bonchev–Trinajstić information content (AvgIpc) is 2.82. The Morgan fingerprint density at radius 3 is 2.35 bits per heavy atom. The number of benzene rings is 2. The van der Waals surface area contributed by atoms with E-state index in [-0.39, 0.29) is 18.4 Å². The number of hydrogen-bond donors (Lipinski definition) is 2. The molecule has 1 aliphatic rings. The standard InChI is InChI=1S/C23H27N3O5/c1-30-20-10-6-5-9-19(20)25-23(29)22(28)24-15-17-11-13-26(14-12-17)21(27)16-31-18-7-3-2-4-8-18/h2-10,17H,11-16H2,1H3,(H,24,28)(H,25,29). The number of piperidine rings is 1. The van der Waals surface area contributed by atoms with Gasteiger partial charge in [0.15, 0.2) is 6.61 Å². The highest BCUT2D eigenvalue weighted by Crippen LogP contribution is 2.23. The number of ether oxygens (including phenoxy) is 2. The molecule has 3 amide bonds. The smallest absolute Gasteiger partial charge is 0.313 e. The summed E-state index contributed by atoms with van der Waals surface area (Å²) in [6.07, 6.45) is 1.51. The van der Waals surface area contributed by atoms with Gasteiger partial charge in [0.2, 0.25) is 0 Å². The van der Waals surface area contributed by atoms with Crippen LogP contribution < -0.4 is 20.1 Å². The van der Waals surface area contributed by atoms with Crippen LogP contribution in [-0.2, 0) is 14.4 Å². The fraction of sp³-hybridized carbons (Fsp3) is 0.348. The molecule has 1 heterocycles. The zero-order chi connectivity index (χ0) is 22.1. The molecule has 2 aromatic carbocycles. The first kappa shape index (κ1) is 22.1. The third kappa shape index (κ3) is 6.47. The Kier molecular flexibility index (Phi) is 7.86. The Morgan fingerprint density at radius 2 is 1.65 bits per heavy atom. The van der Waals surface area contributed by atoms with Gasteiger partial charge in [-0.25, -0.2) is 0 Å². The van der Waals surface area contributed by atoms with Crippen LogP contribution in [-0.4, -0.2) is 56.0 Å². The van der Waals surface area contributed by atoms with Crippen molar-refractivity contribution in [1.82, 2.24) is 10.2 Å². The molecular formula is C23H27N3O5. The number of amides is 3. The maximum Gasteiger partial charge on any atom is 0.313 e. The predicted octanol–water partition coefficient (Wildman–Crippen LogP) is 2.07. The van der Waals surface area contributed by atoms with E-state index >= 15 is 0 Å². The fourth-order valence-electron chi connectivity index (χ4n) is 3.38. The molecule has 8 heteroatoms. The van der Waals surface area contributed by atoms with E-state index in [1.807, 2.05) is 30.3 Å². The number of anilines is 1. The molecule has 0 atom stereocenters. The first-order chi connectivity index (χ1) is 15.1. The minimum Gasteiger partial charge on any atom is -0.495 e. The van der Waals surface area contributed by atoms with Gasteiger partial charge in [-0.15, -0.1) is 0 Å². The molecule has 1 aliphatic heterocycles. The predicted molar refractivity (Wildman–Crippen MR) is 116 cm³/mol. The number of nitrogens with zero attached hydrogens (tertiary/aromatic N) is 1. The molecular weight excluding hydrogens is 398 g/mol. The summed E-state index contributed by atoms with van der Waals surface area (Å²) in [5, 5.41) is 5.24. The van der Waals surface area contributed by atoms with Crippen LogP contribution >= 0.6 is 0 Å². The molecule has 2 N–H and O–H groups in total. The van der Waals surface area contributed by atoms with E-state index in [0.29, 0.717) is 36.8 Å². The first-order valence-corrected chi connectivity index (χ1v) is 10.2. The molecule has 0 radical (unpaired) electrons. The third-order valence-corrected chi connectivity index (χ3v) is 5.19. The van der Waals surface area contributed by atoms with Gasteiger partial charge in [0, 0.05) is 19.6 Å². The highest BCUT2D eigenvalue weighted by molar-refractivity contribution is 6.39. The summed E-state index contributed by atoms with van der Waals surface area (Å²) in [6, 6.07) is 16.1. The zero-order valence-electron chi connectivity index (χ0n) is 17.5. The van der Waals surface area contributed by atoms with Crippen LogP contribution in [0.4, 0.5) is 5.69 Å². The summed E-state index contributed by atoms with van der Waals surface area (Å²) in [5.41, 5.74) is 0.440. The quantitative estimate of drug-likeness (QED) is 0.662. The van der Waals surface area contributed by atoms with Crippen molar-refractivity contribution in [3.8, 4) is 11.5 Å². The second-order valence-corrected chi connectivity index (χ2v) is 7.29. The molecule has 0 aliphatic carbocycles. The SMILES string of the molecule is COc1ccccc1NC(=O)C(=O)NCC1CCN(C(=O)COc2ccccc2)CC1. The van der Waals surface area contributed by atoms with Crippen LogP contribution in [0.5, 0.6) is 11.5 Å². The maximum absolute atomic E-state index is 12.3. The lowest BCUT2D eigenvalue weighted by atomic mass is 9.96. The van der Waals surface area contributed by atoms with Gasteiger partial charge < -0.3 is 25.0 Å². The number of nitrogens with one attached hydrogen (secondary N) is 2. The van der Waals surface area contributed by atoms with Crippen molar-refractivity contribution < 1.29 is 23.9 Å². The van der Waals surface area contributed by atoms with E-state index in [4.69, 9.17) is 9.47 Å². The van der Waals surface area contributed by atoms with E-state index in [1.54, 1.807) is 29.2 Å².